The van der Waals surface area contributed by atoms with E-state index in [1.54, 1.807) is 49.6 Å². The summed E-state index contributed by atoms with van der Waals surface area (Å²) in [5, 5.41) is 9.51. The van der Waals surface area contributed by atoms with Gasteiger partial charge in [-0.3, -0.25) is 4.79 Å². The van der Waals surface area contributed by atoms with Gasteiger partial charge in [-0.1, -0.05) is 12.1 Å². The van der Waals surface area contributed by atoms with E-state index in [9.17, 15) is 9.90 Å². The minimum atomic E-state index is -0.107. The molecule has 0 bridgehead atoms. The highest BCUT2D eigenvalue weighted by Crippen LogP contribution is 2.26. The zero-order chi connectivity index (χ0) is 15.2. The van der Waals surface area contributed by atoms with E-state index in [1.807, 2.05) is 0 Å². The summed E-state index contributed by atoms with van der Waals surface area (Å²) in [6, 6.07) is 11.8. The van der Waals surface area contributed by atoms with Crippen molar-refractivity contribution in [1.29, 1.82) is 0 Å². The number of hydrogen-bond acceptors (Lipinski definition) is 4. The maximum absolute atomic E-state index is 12.0. The second-order valence-electron chi connectivity index (χ2n) is 4.36. The molecule has 0 unspecified atom stereocenters. The van der Waals surface area contributed by atoms with Crippen molar-refractivity contribution in [2.75, 3.05) is 14.2 Å². The number of benzene rings is 2. The van der Waals surface area contributed by atoms with E-state index in [4.69, 9.17) is 9.47 Å². The van der Waals surface area contributed by atoms with Crippen LogP contribution in [0.5, 0.6) is 17.2 Å². The molecule has 4 heteroatoms. The number of allylic oxidation sites excluding steroid dienone is 1. The van der Waals surface area contributed by atoms with E-state index in [2.05, 4.69) is 0 Å². The van der Waals surface area contributed by atoms with Crippen molar-refractivity contribution in [1.82, 2.24) is 0 Å². The SMILES string of the molecule is COc1ccc(C(=O)C=Cc2ccc(O)c(OC)c2)cc1. The molecule has 0 radical (unpaired) electrons. The van der Waals surface area contributed by atoms with Crippen molar-refractivity contribution in [2.45, 2.75) is 0 Å². The summed E-state index contributed by atoms with van der Waals surface area (Å²) in [6.45, 7) is 0. The fourth-order valence-electron chi connectivity index (χ4n) is 1.82. The van der Waals surface area contributed by atoms with Crippen LogP contribution in [0.1, 0.15) is 15.9 Å². The maximum Gasteiger partial charge on any atom is 0.185 e. The van der Waals surface area contributed by atoms with Gasteiger partial charge in [-0.2, -0.15) is 0 Å². The largest absolute Gasteiger partial charge is 0.504 e. The molecule has 21 heavy (non-hydrogen) atoms. The summed E-state index contributed by atoms with van der Waals surface area (Å²) in [5.41, 5.74) is 1.35. The molecule has 0 saturated heterocycles. The first-order valence-corrected chi connectivity index (χ1v) is 6.37. The molecular formula is C17H16O4. The summed E-state index contributed by atoms with van der Waals surface area (Å²) in [7, 11) is 3.06. The van der Waals surface area contributed by atoms with E-state index in [-0.39, 0.29) is 11.5 Å². The van der Waals surface area contributed by atoms with Crippen LogP contribution < -0.4 is 9.47 Å². The molecule has 2 aromatic rings. The van der Waals surface area contributed by atoms with Gasteiger partial charge in [-0.05, 0) is 48.0 Å². The van der Waals surface area contributed by atoms with Gasteiger partial charge in [-0.25, -0.2) is 0 Å². The van der Waals surface area contributed by atoms with Gasteiger partial charge in [0.2, 0.25) is 0 Å². The Bertz CT molecular complexity index is 657. The number of phenols is 1. The van der Waals surface area contributed by atoms with Crippen molar-refractivity contribution in [3.8, 4) is 17.2 Å². The monoisotopic (exact) mass is 284 g/mol. The van der Waals surface area contributed by atoms with Crippen LogP contribution in [0.25, 0.3) is 6.08 Å². The van der Waals surface area contributed by atoms with Crippen LogP contribution in [0.4, 0.5) is 0 Å². The third-order valence-electron chi connectivity index (χ3n) is 3.01. The third kappa shape index (κ3) is 3.63. The summed E-state index contributed by atoms with van der Waals surface area (Å²) in [6.07, 6.45) is 3.15. The number of aromatic hydroxyl groups is 1. The number of carbonyl (C=O) groups excluding carboxylic acids is 1. The predicted octanol–water partition coefficient (Wildman–Crippen LogP) is 3.31. The first-order chi connectivity index (χ1) is 10.1. The molecule has 0 fully saturated rings. The summed E-state index contributed by atoms with van der Waals surface area (Å²) in [4.78, 5) is 12.0. The molecule has 0 atom stereocenters. The number of phenolic OH excluding ortho intramolecular Hbond substituents is 1. The minimum Gasteiger partial charge on any atom is -0.504 e. The fourth-order valence-corrected chi connectivity index (χ4v) is 1.82. The highest BCUT2D eigenvalue weighted by Gasteiger charge is 2.03. The van der Waals surface area contributed by atoms with Crippen molar-refractivity contribution in [2.24, 2.45) is 0 Å². The molecule has 0 aliphatic rings. The minimum absolute atomic E-state index is 0.0659. The van der Waals surface area contributed by atoms with Crippen LogP contribution in [0.2, 0.25) is 0 Å². The average Bonchev–Trinajstić information content (AvgIpc) is 2.53. The smallest absolute Gasteiger partial charge is 0.185 e. The Labute approximate surface area is 123 Å². The topological polar surface area (TPSA) is 55.8 Å². The lowest BCUT2D eigenvalue weighted by atomic mass is 10.1. The lowest BCUT2D eigenvalue weighted by Crippen LogP contribution is -1.94. The quantitative estimate of drug-likeness (QED) is 0.676. The molecule has 0 heterocycles. The van der Waals surface area contributed by atoms with Crippen LogP contribution in [0, 0.1) is 0 Å². The van der Waals surface area contributed by atoms with Crippen LogP contribution in [-0.2, 0) is 0 Å². The lowest BCUT2D eigenvalue weighted by molar-refractivity contribution is 0.104. The summed E-state index contributed by atoms with van der Waals surface area (Å²) in [5.74, 6) is 1.04. The number of methoxy groups -OCH3 is 2. The zero-order valence-electron chi connectivity index (χ0n) is 11.9. The normalized spacial score (nSPS) is 10.6. The van der Waals surface area contributed by atoms with E-state index in [0.29, 0.717) is 17.1 Å². The molecule has 108 valence electrons. The number of rotatable bonds is 5. The Morgan fingerprint density at radius 3 is 2.38 bits per heavy atom. The maximum atomic E-state index is 12.0. The first-order valence-electron chi connectivity index (χ1n) is 6.37. The predicted molar refractivity (Wildman–Crippen MR) is 81.0 cm³/mol. The van der Waals surface area contributed by atoms with E-state index in [1.165, 1.54) is 19.3 Å². The van der Waals surface area contributed by atoms with Crippen molar-refractivity contribution in [3.05, 3.63) is 59.7 Å². The van der Waals surface area contributed by atoms with Crippen LogP contribution in [0.3, 0.4) is 0 Å². The van der Waals surface area contributed by atoms with Crippen molar-refractivity contribution < 1.29 is 19.4 Å². The van der Waals surface area contributed by atoms with Gasteiger partial charge >= 0.3 is 0 Å². The molecule has 0 aliphatic carbocycles. The van der Waals surface area contributed by atoms with Gasteiger partial charge in [0.05, 0.1) is 14.2 Å². The van der Waals surface area contributed by atoms with Gasteiger partial charge in [0.15, 0.2) is 17.3 Å². The number of ether oxygens (including phenoxy) is 2. The average molecular weight is 284 g/mol. The van der Waals surface area contributed by atoms with Crippen LogP contribution >= 0.6 is 0 Å². The molecule has 0 spiro atoms. The Morgan fingerprint density at radius 2 is 1.76 bits per heavy atom. The molecule has 0 amide bonds. The van der Waals surface area contributed by atoms with Gasteiger partial charge < -0.3 is 14.6 Å². The highest BCUT2D eigenvalue weighted by molar-refractivity contribution is 6.06. The Kier molecular flexibility index (Phi) is 4.61. The van der Waals surface area contributed by atoms with Gasteiger partial charge in [0, 0.05) is 5.56 Å². The number of hydrogen-bond donors (Lipinski definition) is 1. The second kappa shape index (κ2) is 6.61. The molecule has 0 aliphatic heterocycles. The fraction of sp³-hybridized carbons (Fsp3) is 0.118. The summed E-state index contributed by atoms with van der Waals surface area (Å²) >= 11 is 0. The highest BCUT2D eigenvalue weighted by atomic mass is 16.5. The Hall–Kier alpha value is -2.75. The molecule has 0 aromatic heterocycles. The number of carbonyl (C=O) groups is 1. The first kappa shape index (κ1) is 14.7. The molecule has 0 saturated carbocycles. The van der Waals surface area contributed by atoms with Gasteiger partial charge in [0.25, 0.3) is 0 Å². The summed E-state index contributed by atoms with van der Waals surface area (Å²) < 4.78 is 10.1. The van der Waals surface area contributed by atoms with Gasteiger partial charge in [0.1, 0.15) is 5.75 Å². The number of ketones is 1. The molecular weight excluding hydrogens is 268 g/mol. The Morgan fingerprint density at radius 1 is 1.05 bits per heavy atom. The van der Waals surface area contributed by atoms with E-state index in [0.717, 1.165) is 5.56 Å². The second-order valence-corrected chi connectivity index (χ2v) is 4.36. The van der Waals surface area contributed by atoms with Crippen LogP contribution in [0.15, 0.2) is 48.5 Å². The molecule has 1 N–H and O–H groups in total. The Balaban J connectivity index is 2.14. The third-order valence-corrected chi connectivity index (χ3v) is 3.01. The standard InChI is InChI=1S/C17H16O4/c1-20-14-7-5-13(6-8-14)15(18)9-3-12-4-10-16(19)17(11-12)21-2/h3-11,19H,1-2H3. The molecule has 2 aromatic carbocycles. The molecule has 2 rings (SSSR count). The van der Waals surface area contributed by atoms with Crippen molar-refractivity contribution >= 4 is 11.9 Å². The van der Waals surface area contributed by atoms with Crippen LogP contribution in [-0.4, -0.2) is 25.1 Å². The van der Waals surface area contributed by atoms with Crippen molar-refractivity contribution in [3.63, 3.8) is 0 Å². The zero-order valence-corrected chi connectivity index (χ0v) is 11.9. The van der Waals surface area contributed by atoms with E-state index >= 15 is 0 Å². The molecule has 4 nitrogen and oxygen atoms in total. The van der Waals surface area contributed by atoms with Gasteiger partial charge in [-0.15, -0.1) is 0 Å². The lowest BCUT2D eigenvalue weighted by Gasteiger charge is -2.03. The van der Waals surface area contributed by atoms with E-state index < -0.39 is 0 Å².